The molecule has 0 saturated heterocycles. The largest absolute Gasteiger partial charge is 0.337 e. The minimum atomic E-state index is 0.830. The highest BCUT2D eigenvalue weighted by Crippen LogP contribution is 2.27. The zero-order chi connectivity index (χ0) is 19.0. The standard InChI is InChI=1S/C27H23N/c1-4-10-23(11-5-1)16-17-24-18-20-25(21-19-24)22-28(26-12-6-2-7-13-26)27-14-8-3-9-15-27/h1-21H,22H2/b17-16+. The van der Waals surface area contributed by atoms with Gasteiger partial charge in [0.1, 0.15) is 0 Å². The van der Waals surface area contributed by atoms with Crippen LogP contribution in [0.25, 0.3) is 12.2 Å². The molecule has 0 spiro atoms. The van der Waals surface area contributed by atoms with E-state index in [1.54, 1.807) is 0 Å². The first-order valence-electron chi connectivity index (χ1n) is 9.58. The van der Waals surface area contributed by atoms with Crippen LogP contribution in [-0.4, -0.2) is 0 Å². The SMILES string of the molecule is C(=C\c1ccc(CN(c2ccccc2)c2ccccc2)cc1)/c1ccccc1. The molecule has 4 aromatic rings. The van der Waals surface area contributed by atoms with Crippen molar-refractivity contribution >= 4 is 23.5 Å². The Morgan fingerprint density at radius 2 is 0.893 bits per heavy atom. The summed E-state index contributed by atoms with van der Waals surface area (Å²) < 4.78 is 0. The summed E-state index contributed by atoms with van der Waals surface area (Å²) in [5, 5.41) is 0. The quantitative estimate of drug-likeness (QED) is 0.328. The maximum atomic E-state index is 2.34. The molecule has 0 atom stereocenters. The molecule has 0 heterocycles. The fraction of sp³-hybridized carbons (Fsp3) is 0.0370. The van der Waals surface area contributed by atoms with Crippen LogP contribution >= 0.6 is 0 Å². The Morgan fingerprint density at radius 1 is 0.464 bits per heavy atom. The topological polar surface area (TPSA) is 3.24 Å². The number of hydrogen-bond donors (Lipinski definition) is 0. The predicted molar refractivity (Wildman–Crippen MR) is 121 cm³/mol. The molecule has 0 aromatic heterocycles. The molecule has 0 saturated carbocycles. The molecule has 136 valence electrons. The second kappa shape index (κ2) is 8.88. The van der Waals surface area contributed by atoms with E-state index in [9.17, 15) is 0 Å². The van der Waals surface area contributed by atoms with Gasteiger partial charge < -0.3 is 4.90 Å². The van der Waals surface area contributed by atoms with Gasteiger partial charge in [0.25, 0.3) is 0 Å². The van der Waals surface area contributed by atoms with E-state index in [2.05, 4.69) is 126 Å². The van der Waals surface area contributed by atoms with E-state index in [1.165, 1.54) is 28.1 Å². The van der Waals surface area contributed by atoms with Gasteiger partial charge in [0.05, 0.1) is 0 Å². The molecule has 4 rings (SSSR count). The van der Waals surface area contributed by atoms with Crippen molar-refractivity contribution in [2.24, 2.45) is 0 Å². The predicted octanol–water partition coefficient (Wildman–Crippen LogP) is 7.20. The van der Waals surface area contributed by atoms with Gasteiger partial charge in [-0.3, -0.25) is 0 Å². The molecule has 0 aliphatic rings. The Hall–Kier alpha value is -3.58. The van der Waals surface area contributed by atoms with Gasteiger partial charge in [-0.1, -0.05) is 103 Å². The van der Waals surface area contributed by atoms with Crippen LogP contribution in [-0.2, 0) is 6.54 Å². The molecule has 0 bridgehead atoms. The lowest BCUT2D eigenvalue weighted by Crippen LogP contribution is -2.16. The average Bonchev–Trinajstić information content (AvgIpc) is 2.79. The van der Waals surface area contributed by atoms with Gasteiger partial charge in [0, 0.05) is 17.9 Å². The fourth-order valence-corrected chi connectivity index (χ4v) is 3.22. The Kier molecular flexibility index (Phi) is 5.65. The van der Waals surface area contributed by atoms with Crippen molar-refractivity contribution in [1.29, 1.82) is 0 Å². The fourth-order valence-electron chi connectivity index (χ4n) is 3.22. The molecule has 4 aromatic carbocycles. The highest BCUT2D eigenvalue weighted by molar-refractivity contribution is 5.69. The maximum Gasteiger partial charge on any atom is 0.0481 e. The number of benzene rings is 4. The van der Waals surface area contributed by atoms with Crippen LogP contribution in [0.4, 0.5) is 11.4 Å². The summed E-state index contributed by atoms with van der Waals surface area (Å²) in [6.07, 6.45) is 4.31. The highest BCUT2D eigenvalue weighted by atomic mass is 15.1. The van der Waals surface area contributed by atoms with Crippen molar-refractivity contribution < 1.29 is 0 Å². The molecule has 0 N–H and O–H groups in total. The zero-order valence-corrected chi connectivity index (χ0v) is 15.8. The molecule has 1 heteroatoms. The summed E-state index contributed by atoms with van der Waals surface area (Å²) in [5.41, 5.74) is 6.09. The molecule has 0 radical (unpaired) electrons. The summed E-state index contributed by atoms with van der Waals surface area (Å²) in [7, 11) is 0. The van der Waals surface area contributed by atoms with Crippen LogP contribution in [0, 0.1) is 0 Å². The summed E-state index contributed by atoms with van der Waals surface area (Å²) >= 11 is 0. The van der Waals surface area contributed by atoms with Crippen molar-refractivity contribution in [3.63, 3.8) is 0 Å². The van der Waals surface area contributed by atoms with Crippen LogP contribution in [0.15, 0.2) is 115 Å². The summed E-state index contributed by atoms with van der Waals surface area (Å²) in [6.45, 7) is 0.830. The van der Waals surface area contributed by atoms with Crippen molar-refractivity contribution in [1.82, 2.24) is 0 Å². The first kappa shape index (κ1) is 17.8. The number of hydrogen-bond acceptors (Lipinski definition) is 1. The van der Waals surface area contributed by atoms with Gasteiger partial charge in [-0.05, 0) is 41.0 Å². The average molecular weight is 361 g/mol. The van der Waals surface area contributed by atoms with Gasteiger partial charge in [0.2, 0.25) is 0 Å². The monoisotopic (exact) mass is 361 g/mol. The van der Waals surface area contributed by atoms with E-state index in [1.807, 2.05) is 6.07 Å². The molecule has 28 heavy (non-hydrogen) atoms. The van der Waals surface area contributed by atoms with Gasteiger partial charge >= 0.3 is 0 Å². The van der Waals surface area contributed by atoms with E-state index in [-0.39, 0.29) is 0 Å². The summed E-state index contributed by atoms with van der Waals surface area (Å²) in [4.78, 5) is 2.34. The Morgan fingerprint density at radius 3 is 1.39 bits per heavy atom. The molecule has 0 amide bonds. The minimum Gasteiger partial charge on any atom is -0.337 e. The van der Waals surface area contributed by atoms with Crippen LogP contribution in [0.2, 0.25) is 0 Å². The van der Waals surface area contributed by atoms with Crippen molar-refractivity contribution in [3.8, 4) is 0 Å². The van der Waals surface area contributed by atoms with Crippen molar-refractivity contribution in [2.75, 3.05) is 4.90 Å². The van der Waals surface area contributed by atoms with E-state index in [4.69, 9.17) is 0 Å². The molecule has 0 fully saturated rings. The lowest BCUT2D eigenvalue weighted by molar-refractivity contribution is 0.975. The van der Waals surface area contributed by atoms with E-state index in [0.29, 0.717) is 0 Å². The van der Waals surface area contributed by atoms with E-state index < -0.39 is 0 Å². The van der Waals surface area contributed by atoms with Crippen LogP contribution in [0.3, 0.4) is 0 Å². The third-order valence-electron chi connectivity index (χ3n) is 4.72. The Labute approximate surface area is 167 Å². The van der Waals surface area contributed by atoms with E-state index in [0.717, 1.165) is 6.54 Å². The Bertz CT molecular complexity index is 965. The highest BCUT2D eigenvalue weighted by Gasteiger charge is 2.09. The number of rotatable bonds is 6. The summed E-state index contributed by atoms with van der Waals surface area (Å²) in [5.74, 6) is 0. The van der Waals surface area contributed by atoms with E-state index >= 15 is 0 Å². The van der Waals surface area contributed by atoms with Gasteiger partial charge in [-0.2, -0.15) is 0 Å². The summed E-state index contributed by atoms with van der Waals surface area (Å²) in [6, 6.07) is 40.3. The van der Waals surface area contributed by atoms with Crippen LogP contribution in [0.5, 0.6) is 0 Å². The van der Waals surface area contributed by atoms with Crippen LogP contribution < -0.4 is 4.90 Å². The molecule has 0 aliphatic carbocycles. The number of anilines is 2. The third-order valence-corrected chi connectivity index (χ3v) is 4.72. The normalized spacial score (nSPS) is 10.9. The second-order valence-corrected chi connectivity index (χ2v) is 6.74. The first-order valence-corrected chi connectivity index (χ1v) is 9.58. The first-order chi connectivity index (χ1) is 13.9. The maximum absolute atomic E-state index is 2.34. The third kappa shape index (κ3) is 4.57. The molecular weight excluding hydrogens is 338 g/mol. The lowest BCUT2D eigenvalue weighted by Gasteiger charge is -2.25. The van der Waals surface area contributed by atoms with Crippen molar-refractivity contribution in [3.05, 3.63) is 132 Å². The minimum absolute atomic E-state index is 0.830. The number of nitrogens with zero attached hydrogens (tertiary/aromatic N) is 1. The molecule has 1 nitrogen and oxygen atoms in total. The van der Waals surface area contributed by atoms with Gasteiger partial charge in [-0.25, -0.2) is 0 Å². The second-order valence-electron chi connectivity index (χ2n) is 6.74. The number of para-hydroxylation sites is 2. The van der Waals surface area contributed by atoms with Gasteiger partial charge in [-0.15, -0.1) is 0 Å². The molecular formula is C27H23N. The smallest absolute Gasteiger partial charge is 0.0481 e. The lowest BCUT2D eigenvalue weighted by atomic mass is 10.1. The van der Waals surface area contributed by atoms with Crippen molar-refractivity contribution in [2.45, 2.75) is 6.54 Å². The zero-order valence-electron chi connectivity index (χ0n) is 15.8. The van der Waals surface area contributed by atoms with Gasteiger partial charge in [0.15, 0.2) is 0 Å². The van der Waals surface area contributed by atoms with Crippen LogP contribution in [0.1, 0.15) is 16.7 Å². The molecule has 0 unspecified atom stereocenters. The Balaban J connectivity index is 1.53. The molecule has 0 aliphatic heterocycles.